The van der Waals surface area contributed by atoms with Gasteiger partial charge in [-0.1, -0.05) is 58.2 Å². The zero-order valence-corrected chi connectivity index (χ0v) is 12.5. The van der Waals surface area contributed by atoms with E-state index in [1.54, 1.807) is 0 Å². The first kappa shape index (κ1) is 12.7. The third-order valence-corrected chi connectivity index (χ3v) is 7.70. The molecule has 0 radical (unpaired) electrons. The Hall–Kier alpha value is 0.242. The van der Waals surface area contributed by atoms with Gasteiger partial charge in [-0.05, 0) is 17.2 Å². The summed E-state index contributed by atoms with van der Waals surface area (Å²) in [7, 11) is 0.873. The van der Waals surface area contributed by atoms with E-state index in [-0.39, 0.29) is 0 Å². The lowest BCUT2D eigenvalue weighted by Crippen LogP contribution is -2.44. The molecule has 0 aromatic rings. The van der Waals surface area contributed by atoms with Crippen molar-refractivity contribution in [3.8, 4) is 0 Å². The molecule has 3 heteroatoms. The summed E-state index contributed by atoms with van der Waals surface area (Å²) in [4.78, 5) is 0. The van der Waals surface area contributed by atoms with E-state index < -0.39 is 8.07 Å². The molecule has 0 unspecified atom stereocenters. The molecule has 2 aliphatic heterocycles. The highest BCUT2D eigenvalue weighted by Crippen LogP contribution is 2.50. The summed E-state index contributed by atoms with van der Waals surface area (Å²) in [5.74, 6) is 1.85. The van der Waals surface area contributed by atoms with E-state index in [9.17, 15) is 0 Å². The van der Waals surface area contributed by atoms with Gasteiger partial charge in [0.2, 0.25) is 0 Å². The average Bonchev–Trinajstić information content (AvgIpc) is 2.42. The number of fused-ring (bicyclic) bond motifs is 3. The van der Waals surface area contributed by atoms with Gasteiger partial charge < -0.3 is 4.65 Å². The monoisotopic (exact) mass is 238 g/mol. The van der Waals surface area contributed by atoms with E-state index in [1.807, 2.05) is 7.11 Å². The Balaban J connectivity index is 2.29. The van der Waals surface area contributed by atoms with E-state index in [4.69, 9.17) is 4.65 Å². The van der Waals surface area contributed by atoms with Gasteiger partial charge in [0, 0.05) is 15.2 Å². The number of hydrogen-bond acceptors (Lipinski definition) is 1. The van der Waals surface area contributed by atoms with Crippen molar-refractivity contribution in [3.63, 3.8) is 0 Å². The van der Waals surface area contributed by atoms with Crippen molar-refractivity contribution in [1.29, 1.82) is 0 Å². The SMILES string of the molecule is COB1C2CCCC(CCC2)[C@H]1[Si](C)(C)C. The largest absolute Gasteiger partial charge is 0.438 e. The highest BCUT2D eigenvalue weighted by Gasteiger charge is 2.48. The molecule has 2 heterocycles. The van der Waals surface area contributed by atoms with Gasteiger partial charge in [-0.2, -0.15) is 0 Å². The van der Waals surface area contributed by atoms with Crippen LogP contribution in [0.1, 0.15) is 38.5 Å². The van der Waals surface area contributed by atoms with Gasteiger partial charge >= 0.3 is 0 Å². The van der Waals surface area contributed by atoms with Crippen LogP contribution in [0.25, 0.3) is 0 Å². The lowest BCUT2D eigenvalue weighted by molar-refractivity contribution is 0.393. The van der Waals surface area contributed by atoms with Gasteiger partial charge in [-0.15, -0.1) is 0 Å². The first-order valence-electron chi connectivity index (χ1n) is 7.07. The highest BCUT2D eigenvalue weighted by molar-refractivity contribution is 6.88. The van der Waals surface area contributed by atoms with Crippen molar-refractivity contribution in [2.75, 3.05) is 7.11 Å². The van der Waals surface area contributed by atoms with Crippen LogP contribution in [0.3, 0.4) is 0 Å². The Morgan fingerprint density at radius 2 is 1.56 bits per heavy atom. The minimum atomic E-state index is -1.08. The lowest BCUT2D eigenvalue weighted by Gasteiger charge is -2.37. The van der Waals surface area contributed by atoms with Gasteiger partial charge in [-0.25, -0.2) is 0 Å². The minimum Gasteiger partial charge on any atom is -0.438 e. The second-order valence-electron chi connectivity index (χ2n) is 6.97. The summed E-state index contributed by atoms with van der Waals surface area (Å²) < 4.78 is 5.96. The molecule has 0 aromatic carbocycles. The highest BCUT2D eigenvalue weighted by atomic mass is 28.3. The van der Waals surface area contributed by atoms with Crippen LogP contribution in [0, 0.1) is 5.92 Å². The maximum Gasteiger partial charge on any atom is 0.296 e. The molecule has 0 aromatic heterocycles. The van der Waals surface area contributed by atoms with Crippen LogP contribution in [-0.2, 0) is 4.65 Å². The summed E-state index contributed by atoms with van der Waals surface area (Å²) in [6.45, 7) is 8.22. The van der Waals surface area contributed by atoms with Crippen LogP contribution in [-0.4, -0.2) is 22.1 Å². The zero-order valence-electron chi connectivity index (χ0n) is 11.5. The fourth-order valence-electron chi connectivity index (χ4n) is 4.36. The third kappa shape index (κ3) is 2.40. The molecular formula is C13H27BOSi. The molecule has 16 heavy (non-hydrogen) atoms. The fourth-order valence-corrected chi connectivity index (χ4v) is 7.50. The van der Waals surface area contributed by atoms with E-state index in [0.29, 0.717) is 6.92 Å². The van der Waals surface area contributed by atoms with Crippen molar-refractivity contribution in [2.45, 2.75) is 69.4 Å². The predicted molar refractivity (Wildman–Crippen MR) is 74.8 cm³/mol. The molecule has 2 saturated heterocycles. The number of hydrogen-bond donors (Lipinski definition) is 0. The summed E-state index contributed by atoms with van der Waals surface area (Å²) in [5.41, 5.74) is 0.910. The molecule has 0 N–H and O–H groups in total. The average molecular weight is 238 g/mol. The van der Waals surface area contributed by atoms with Crippen LogP contribution < -0.4 is 0 Å². The maximum atomic E-state index is 5.96. The molecule has 2 bridgehead atoms. The second-order valence-corrected chi connectivity index (χ2v) is 12.4. The normalized spacial score (nSPS) is 36.0. The van der Waals surface area contributed by atoms with Crippen molar-refractivity contribution < 1.29 is 4.65 Å². The Labute approximate surface area is 102 Å². The van der Waals surface area contributed by atoms with Gasteiger partial charge in [0.25, 0.3) is 6.92 Å². The quantitative estimate of drug-likeness (QED) is 0.654. The molecule has 2 rings (SSSR count). The summed E-state index contributed by atoms with van der Waals surface area (Å²) in [6, 6.07) is 0. The summed E-state index contributed by atoms with van der Waals surface area (Å²) >= 11 is 0. The first-order chi connectivity index (χ1) is 7.54. The smallest absolute Gasteiger partial charge is 0.296 e. The Morgan fingerprint density at radius 3 is 2.00 bits per heavy atom. The van der Waals surface area contributed by atoms with E-state index in [2.05, 4.69) is 19.6 Å². The predicted octanol–water partition coefficient (Wildman–Crippen LogP) is 4.23. The van der Waals surface area contributed by atoms with Crippen molar-refractivity contribution >= 4 is 15.0 Å². The zero-order chi connectivity index (χ0) is 11.8. The van der Waals surface area contributed by atoms with Gasteiger partial charge in [0.15, 0.2) is 0 Å². The van der Waals surface area contributed by atoms with E-state index in [1.165, 1.54) is 38.5 Å². The molecule has 0 spiro atoms. The minimum absolute atomic E-state index is 0.585. The van der Waals surface area contributed by atoms with E-state index in [0.717, 1.165) is 17.2 Å². The molecule has 2 fully saturated rings. The molecule has 2 aliphatic rings. The molecule has 1 atom stereocenters. The Morgan fingerprint density at radius 1 is 1.00 bits per heavy atom. The van der Waals surface area contributed by atoms with Crippen LogP contribution in [0.15, 0.2) is 0 Å². The topological polar surface area (TPSA) is 9.23 Å². The molecule has 92 valence electrons. The Bertz CT molecular complexity index is 229. The van der Waals surface area contributed by atoms with E-state index >= 15 is 0 Å². The molecule has 1 nitrogen and oxygen atoms in total. The molecule has 0 aliphatic carbocycles. The van der Waals surface area contributed by atoms with Gasteiger partial charge in [0.05, 0.1) is 0 Å². The van der Waals surface area contributed by atoms with Crippen LogP contribution in [0.5, 0.6) is 0 Å². The third-order valence-electron chi connectivity index (χ3n) is 4.90. The van der Waals surface area contributed by atoms with Crippen LogP contribution >= 0.6 is 0 Å². The summed E-state index contributed by atoms with van der Waals surface area (Å²) in [5, 5.41) is 0. The van der Waals surface area contributed by atoms with Crippen molar-refractivity contribution in [3.05, 3.63) is 0 Å². The van der Waals surface area contributed by atoms with Gasteiger partial charge in [-0.3, -0.25) is 0 Å². The lowest BCUT2D eigenvalue weighted by atomic mass is 9.51. The molecular weight excluding hydrogens is 211 g/mol. The standard InChI is InChI=1S/C13H27BOSi/c1-15-14-12-9-5-7-11(8-6-10-12)13(14)16(2,3)4/h11-13H,5-10H2,1-4H3/t11?,12?,13-/m1/s1. The summed E-state index contributed by atoms with van der Waals surface area (Å²) in [6.07, 6.45) is 8.72. The van der Waals surface area contributed by atoms with Crippen LogP contribution in [0.2, 0.25) is 30.9 Å². The van der Waals surface area contributed by atoms with Crippen LogP contribution in [0.4, 0.5) is 0 Å². The second kappa shape index (κ2) is 4.85. The molecule has 0 saturated carbocycles. The van der Waals surface area contributed by atoms with Crippen molar-refractivity contribution in [1.82, 2.24) is 0 Å². The van der Waals surface area contributed by atoms with Gasteiger partial charge in [0.1, 0.15) is 0 Å². The fraction of sp³-hybridized carbons (Fsp3) is 1.00. The number of rotatable bonds is 2. The first-order valence-corrected chi connectivity index (χ1v) is 10.6. The Kier molecular flexibility index (Phi) is 3.85. The maximum absolute atomic E-state index is 5.96. The van der Waals surface area contributed by atoms with Crippen molar-refractivity contribution in [2.24, 2.45) is 5.92 Å². The molecule has 0 amide bonds.